The van der Waals surface area contributed by atoms with Gasteiger partial charge in [0, 0.05) is 0 Å². The van der Waals surface area contributed by atoms with Crippen LogP contribution in [0.5, 0.6) is 5.75 Å². The van der Waals surface area contributed by atoms with Crippen LogP contribution in [0.4, 0.5) is 4.39 Å². The first-order valence-corrected chi connectivity index (χ1v) is 4.16. The van der Waals surface area contributed by atoms with E-state index in [4.69, 9.17) is 16.7 Å². The van der Waals surface area contributed by atoms with Crippen LogP contribution in [0.2, 0.25) is 5.02 Å². The minimum atomic E-state index is -1.72. The highest BCUT2D eigenvalue weighted by Crippen LogP contribution is 2.29. The van der Waals surface area contributed by atoms with Crippen LogP contribution in [-0.2, 0) is 4.79 Å². The number of hydrogen-bond acceptors (Lipinski definition) is 3. The normalized spacial score (nSPS) is 9.80. The van der Waals surface area contributed by atoms with E-state index in [1.54, 1.807) is 0 Å². The van der Waals surface area contributed by atoms with Gasteiger partial charge in [-0.3, -0.25) is 4.79 Å². The molecule has 0 radical (unpaired) electrons. The highest BCUT2D eigenvalue weighted by molar-refractivity contribution is 6.45. The van der Waals surface area contributed by atoms with Gasteiger partial charge in [0.05, 0.1) is 17.7 Å². The molecule has 0 unspecified atom stereocenters. The van der Waals surface area contributed by atoms with Crippen molar-refractivity contribution in [2.24, 2.45) is 0 Å². The highest BCUT2D eigenvalue weighted by Gasteiger charge is 2.25. The smallest absolute Gasteiger partial charge is 0.377 e. The van der Waals surface area contributed by atoms with E-state index in [2.05, 4.69) is 4.74 Å². The maximum Gasteiger partial charge on any atom is 0.377 e. The number of rotatable bonds is 3. The number of hydrogen-bond donors (Lipinski definition) is 1. The number of Topliss-reactive ketones (excluding diaryl/α,β-unsaturated/α-hetero) is 1. The fraction of sp³-hybridized carbons (Fsp3) is 0.111. The third kappa shape index (κ3) is 2.07. The van der Waals surface area contributed by atoms with Crippen LogP contribution in [0.3, 0.4) is 0 Å². The fourth-order valence-electron chi connectivity index (χ4n) is 1.05. The largest absolute Gasteiger partial charge is 0.493 e. The van der Waals surface area contributed by atoms with Gasteiger partial charge in [0.25, 0.3) is 5.78 Å². The summed E-state index contributed by atoms with van der Waals surface area (Å²) in [4.78, 5) is 21.6. The average molecular weight is 233 g/mol. The van der Waals surface area contributed by atoms with Crippen molar-refractivity contribution in [1.29, 1.82) is 0 Å². The van der Waals surface area contributed by atoms with Gasteiger partial charge in [-0.15, -0.1) is 0 Å². The fourth-order valence-corrected chi connectivity index (χ4v) is 1.29. The molecule has 4 nitrogen and oxygen atoms in total. The van der Waals surface area contributed by atoms with Crippen molar-refractivity contribution in [2.45, 2.75) is 0 Å². The third-order valence-electron chi connectivity index (χ3n) is 1.68. The Hall–Kier alpha value is -1.62. The molecule has 0 bridgehead atoms. The molecule has 0 atom stereocenters. The molecule has 0 saturated heterocycles. The standard InChI is InChI=1S/C9H6ClFO4/c1-15-8-5(11)3-2-4(10)6(8)7(12)9(13)14/h2-3H,1H3,(H,13,14). The summed E-state index contributed by atoms with van der Waals surface area (Å²) >= 11 is 5.59. The number of halogens is 2. The van der Waals surface area contributed by atoms with Crippen molar-refractivity contribution in [3.63, 3.8) is 0 Å². The molecule has 1 rings (SSSR count). The molecule has 0 heterocycles. The minimum absolute atomic E-state index is 0.166. The zero-order chi connectivity index (χ0) is 11.6. The number of methoxy groups -OCH3 is 1. The molecule has 1 aromatic rings. The molecule has 0 aliphatic heterocycles. The molecular weight excluding hydrogens is 227 g/mol. The lowest BCUT2D eigenvalue weighted by Crippen LogP contribution is -2.15. The van der Waals surface area contributed by atoms with Crippen molar-refractivity contribution >= 4 is 23.4 Å². The molecule has 0 aliphatic rings. The third-order valence-corrected chi connectivity index (χ3v) is 2.00. The molecule has 15 heavy (non-hydrogen) atoms. The Kier molecular flexibility index (Phi) is 3.26. The van der Waals surface area contributed by atoms with Crippen LogP contribution in [0, 0.1) is 5.82 Å². The van der Waals surface area contributed by atoms with Crippen molar-refractivity contribution in [2.75, 3.05) is 7.11 Å². The number of benzene rings is 1. The summed E-state index contributed by atoms with van der Waals surface area (Å²) in [5.74, 6) is -4.33. The van der Waals surface area contributed by atoms with E-state index in [9.17, 15) is 14.0 Å². The second-order valence-corrected chi connectivity index (χ2v) is 2.98. The summed E-state index contributed by atoms with van der Waals surface area (Å²) in [6.45, 7) is 0. The lowest BCUT2D eigenvalue weighted by Gasteiger charge is -2.07. The Morgan fingerprint density at radius 3 is 2.53 bits per heavy atom. The van der Waals surface area contributed by atoms with Gasteiger partial charge < -0.3 is 9.84 Å². The van der Waals surface area contributed by atoms with Gasteiger partial charge in [0.15, 0.2) is 11.6 Å². The number of carboxylic acids is 1. The SMILES string of the molecule is COc1c(F)ccc(Cl)c1C(=O)C(=O)O. The van der Waals surface area contributed by atoms with Crippen LogP contribution in [0.1, 0.15) is 10.4 Å². The van der Waals surface area contributed by atoms with Crippen molar-refractivity contribution in [3.8, 4) is 5.75 Å². The zero-order valence-electron chi connectivity index (χ0n) is 7.58. The molecule has 0 amide bonds. The van der Waals surface area contributed by atoms with E-state index in [-0.39, 0.29) is 5.02 Å². The van der Waals surface area contributed by atoms with Gasteiger partial charge in [-0.1, -0.05) is 11.6 Å². The van der Waals surface area contributed by atoms with Crippen LogP contribution >= 0.6 is 11.6 Å². The molecule has 6 heteroatoms. The van der Waals surface area contributed by atoms with E-state index >= 15 is 0 Å². The summed E-state index contributed by atoms with van der Waals surface area (Å²) in [7, 11) is 1.12. The number of carbonyl (C=O) groups excluding carboxylic acids is 1. The highest BCUT2D eigenvalue weighted by atomic mass is 35.5. The van der Waals surface area contributed by atoms with Crippen molar-refractivity contribution < 1.29 is 23.8 Å². The Morgan fingerprint density at radius 2 is 2.07 bits per heavy atom. The Balaban J connectivity index is 3.44. The first-order valence-electron chi connectivity index (χ1n) is 3.78. The topological polar surface area (TPSA) is 63.6 Å². The predicted octanol–water partition coefficient (Wildman–Crippen LogP) is 1.76. The lowest BCUT2D eigenvalue weighted by molar-refractivity contribution is -0.131. The Labute approximate surface area is 89.2 Å². The predicted molar refractivity (Wildman–Crippen MR) is 49.9 cm³/mol. The van der Waals surface area contributed by atoms with Gasteiger partial charge in [-0.2, -0.15) is 0 Å². The van der Waals surface area contributed by atoms with E-state index in [1.807, 2.05) is 0 Å². The summed E-state index contributed by atoms with van der Waals surface area (Å²) in [6, 6.07) is 2.08. The zero-order valence-corrected chi connectivity index (χ0v) is 8.34. The first kappa shape index (κ1) is 11.5. The van der Waals surface area contributed by atoms with Gasteiger partial charge >= 0.3 is 5.97 Å². The summed E-state index contributed by atoms with van der Waals surface area (Å²) in [5.41, 5.74) is -0.480. The molecular formula is C9H6ClFO4. The van der Waals surface area contributed by atoms with E-state index in [0.717, 1.165) is 19.2 Å². The molecule has 80 valence electrons. The van der Waals surface area contributed by atoms with Gasteiger partial charge in [-0.25, -0.2) is 9.18 Å². The first-order chi connectivity index (χ1) is 6.99. The number of carbonyl (C=O) groups is 2. The quantitative estimate of drug-likeness (QED) is 0.637. The molecule has 0 aliphatic carbocycles. The maximum atomic E-state index is 13.1. The van der Waals surface area contributed by atoms with Gasteiger partial charge in [-0.05, 0) is 12.1 Å². The number of ketones is 1. The van der Waals surface area contributed by atoms with E-state index < -0.39 is 28.9 Å². The van der Waals surface area contributed by atoms with Gasteiger partial charge in [0.2, 0.25) is 0 Å². The second kappa shape index (κ2) is 4.27. The summed E-state index contributed by atoms with van der Waals surface area (Å²) in [6.07, 6.45) is 0. The van der Waals surface area contributed by atoms with E-state index in [0.29, 0.717) is 0 Å². The van der Waals surface area contributed by atoms with Crippen LogP contribution in [0.25, 0.3) is 0 Å². The molecule has 0 fully saturated rings. The summed E-state index contributed by atoms with van der Waals surface area (Å²) < 4.78 is 17.7. The monoisotopic (exact) mass is 232 g/mol. The van der Waals surface area contributed by atoms with Crippen LogP contribution < -0.4 is 4.74 Å². The molecule has 1 aromatic carbocycles. The number of carboxylic acid groups (broad SMARTS) is 1. The van der Waals surface area contributed by atoms with Crippen molar-refractivity contribution in [3.05, 3.63) is 28.5 Å². The Bertz CT molecular complexity index is 430. The van der Waals surface area contributed by atoms with E-state index in [1.165, 1.54) is 0 Å². The summed E-state index contributed by atoms with van der Waals surface area (Å²) in [5, 5.41) is 8.32. The minimum Gasteiger partial charge on any atom is -0.493 e. The van der Waals surface area contributed by atoms with Crippen molar-refractivity contribution in [1.82, 2.24) is 0 Å². The lowest BCUT2D eigenvalue weighted by atomic mass is 10.1. The molecule has 0 spiro atoms. The number of aliphatic carboxylic acids is 1. The number of ether oxygens (including phenoxy) is 1. The molecule has 0 aromatic heterocycles. The average Bonchev–Trinajstić information content (AvgIpc) is 2.19. The second-order valence-electron chi connectivity index (χ2n) is 2.57. The maximum absolute atomic E-state index is 13.1. The Morgan fingerprint density at radius 1 is 1.47 bits per heavy atom. The molecule has 1 N–H and O–H groups in total. The van der Waals surface area contributed by atoms with Crippen LogP contribution in [0.15, 0.2) is 12.1 Å². The van der Waals surface area contributed by atoms with Gasteiger partial charge in [0.1, 0.15) is 0 Å². The molecule has 0 saturated carbocycles. The van der Waals surface area contributed by atoms with Crippen LogP contribution in [-0.4, -0.2) is 24.0 Å².